The molecule has 5 rings (SSSR count). The highest BCUT2D eigenvalue weighted by atomic mass is 32.2. The van der Waals surface area contributed by atoms with Crippen LogP contribution < -0.4 is 10.2 Å². The van der Waals surface area contributed by atoms with E-state index < -0.39 is 12.0 Å². The number of nitrogens with one attached hydrogen (secondary N) is 1. The monoisotopic (exact) mass is 531 g/mol. The molecule has 0 saturated carbocycles. The zero-order valence-electron chi connectivity index (χ0n) is 20.9. The van der Waals surface area contributed by atoms with Crippen molar-refractivity contribution in [2.45, 2.75) is 24.5 Å². The van der Waals surface area contributed by atoms with Crippen LogP contribution in [0.4, 0.5) is 10.1 Å². The Labute approximate surface area is 223 Å². The number of aromatic nitrogens is 1. The van der Waals surface area contributed by atoms with Gasteiger partial charge in [-0.15, -0.1) is 0 Å². The van der Waals surface area contributed by atoms with Crippen molar-refractivity contribution in [3.8, 4) is 0 Å². The third-order valence-electron chi connectivity index (χ3n) is 6.51. The number of fused-ring (bicyclic) bond motifs is 3. The molecule has 1 aliphatic heterocycles. The Hall–Kier alpha value is -4.11. The van der Waals surface area contributed by atoms with E-state index in [0.717, 1.165) is 27.1 Å². The number of anilines is 1. The molecule has 0 spiro atoms. The first kappa shape index (κ1) is 25.5. The van der Waals surface area contributed by atoms with Gasteiger partial charge in [0, 0.05) is 35.7 Å². The van der Waals surface area contributed by atoms with Gasteiger partial charge in [0.05, 0.1) is 22.9 Å². The molecule has 2 heterocycles. The van der Waals surface area contributed by atoms with Crippen molar-refractivity contribution in [1.82, 2.24) is 9.88 Å². The van der Waals surface area contributed by atoms with E-state index in [4.69, 9.17) is 4.74 Å². The van der Waals surface area contributed by atoms with Crippen molar-refractivity contribution in [3.05, 3.63) is 95.3 Å². The van der Waals surface area contributed by atoms with Gasteiger partial charge in [0.15, 0.2) is 0 Å². The van der Waals surface area contributed by atoms with E-state index in [0.29, 0.717) is 11.3 Å². The molecule has 2 amide bonds. The second kappa shape index (κ2) is 10.7. The molecule has 9 heteroatoms. The lowest BCUT2D eigenvalue weighted by molar-refractivity contribution is -0.125. The van der Waals surface area contributed by atoms with Gasteiger partial charge in [-0.05, 0) is 55.0 Å². The van der Waals surface area contributed by atoms with Gasteiger partial charge in [0.2, 0.25) is 11.8 Å². The molecule has 0 saturated heterocycles. The molecule has 4 aromatic rings. The predicted octanol–water partition coefficient (Wildman–Crippen LogP) is 4.99. The predicted molar refractivity (Wildman–Crippen MR) is 145 cm³/mol. The number of ether oxygens (including phenoxy) is 1. The van der Waals surface area contributed by atoms with Crippen molar-refractivity contribution in [2.24, 2.45) is 7.05 Å². The summed E-state index contributed by atoms with van der Waals surface area (Å²) in [5, 5.41) is 4.67. The molecular weight excluding hydrogens is 505 g/mol. The van der Waals surface area contributed by atoms with Crippen molar-refractivity contribution < 1.29 is 23.5 Å². The maximum atomic E-state index is 13.9. The van der Waals surface area contributed by atoms with Crippen LogP contribution >= 0.6 is 11.8 Å². The van der Waals surface area contributed by atoms with E-state index >= 15 is 0 Å². The smallest absolute Gasteiger partial charge is 0.338 e. The highest BCUT2D eigenvalue weighted by Crippen LogP contribution is 2.43. The molecule has 0 fully saturated rings. The van der Waals surface area contributed by atoms with Crippen LogP contribution in [0.5, 0.6) is 0 Å². The Balaban J connectivity index is 1.59. The number of aryl methyl sites for hydroxylation is 1. The molecule has 1 aliphatic rings. The van der Waals surface area contributed by atoms with Crippen LogP contribution in [0.3, 0.4) is 0 Å². The molecule has 0 bridgehead atoms. The summed E-state index contributed by atoms with van der Waals surface area (Å²) in [4.78, 5) is 41.2. The van der Waals surface area contributed by atoms with Crippen molar-refractivity contribution in [1.29, 1.82) is 0 Å². The first-order valence-electron chi connectivity index (χ1n) is 12.2. The zero-order chi connectivity index (χ0) is 26.8. The first-order valence-corrected chi connectivity index (χ1v) is 13.2. The number of thioether (sulfide) groups is 1. The minimum atomic E-state index is -0.965. The number of nitrogens with zero attached hydrogens (tertiary/aromatic N) is 2. The molecule has 194 valence electrons. The van der Waals surface area contributed by atoms with Crippen LogP contribution in [0, 0.1) is 5.82 Å². The van der Waals surface area contributed by atoms with Crippen molar-refractivity contribution >= 4 is 46.1 Å². The van der Waals surface area contributed by atoms with Gasteiger partial charge in [0.25, 0.3) is 0 Å². The number of halogens is 1. The fourth-order valence-electron chi connectivity index (χ4n) is 4.71. The Kier molecular flexibility index (Phi) is 7.20. The van der Waals surface area contributed by atoms with Crippen LogP contribution in [-0.2, 0) is 27.9 Å². The molecule has 0 radical (unpaired) electrons. The van der Waals surface area contributed by atoms with E-state index in [2.05, 4.69) is 5.32 Å². The number of hydrogen-bond donors (Lipinski definition) is 1. The quantitative estimate of drug-likeness (QED) is 0.355. The number of carbonyl (C=O) groups is 3. The molecule has 1 N–H and O–H groups in total. The fraction of sp³-hybridized carbons (Fsp3) is 0.207. The summed E-state index contributed by atoms with van der Waals surface area (Å²) in [6, 6.07) is 19.2. The zero-order valence-corrected chi connectivity index (χ0v) is 21.8. The van der Waals surface area contributed by atoms with Gasteiger partial charge in [-0.1, -0.05) is 42.1 Å². The number of benzene rings is 3. The average molecular weight is 532 g/mol. The summed E-state index contributed by atoms with van der Waals surface area (Å²) >= 11 is 1.40. The molecule has 1 atom stereocenters. The highest BCUT2D eigenvalue weighted by Gasteiger charge is 2.39. The maximum Gasteiger partial charge on any atom is 0.338 e. The number of amides is 2. The van der Waals surface area contributed by atoms with Crippen LogP contribution in [0.2, 0.25) is 0 Å². The lowest BCUT2D eigenvalue weighted by Gasteiger charge is -2.30. The summed E-state index contributed by atoms with van der Waals surface area (Å²) < 4.78 is 20.5. The van der Waals surface area contributed by atoms with E-state index in [9.17, 15) is 18.8 Å². The van der Waals surface area contributed by atoms with Crippen LogP contribution in [0.1, 0.15) is 34.5 Å². The van der Waals surface area contributed by atoms with E-state index in [-0.39, 0.29) is 36.5 Å². The van der Waals surface area contributed by atoms with Gasteiger partial charge >= 0.3 is 5.97 Å². The first-order chi connectivity index (χ1) is 18.4. The normalized spacial score (nSPS) is 15.2. The molecule has 3 aromatic carbocycles. The molecule has 1 unspecified atom stereocenters. The number of esters is 1. The third-order valence-corrected chi connectivity index (χ3v) is 7.67. The Bertz CT molecular complexity index is 1520. The van der Waals surface area contributed by atoms with E-state index in [1.165, 1.54) is 28.8 Å². The number of para-hydroxylation sites is 1. The molecule has 38 heavy (non-hydrogen) atoms. The largest absolute Gasteiger partial charge is 0.462 e. The summed E-state index contributed by atoms with van der Waals surface area (Å²) in [6.07, 6.45) is 0. The Morgan fingerprint density at radius 1 is 1.05 bits per heavy atom. The Morgan fingerprint density at radius 3 is 2.47 bits per heavy atom. The topological polar surface area (TPSA) is 80.6 Å². The lowest BCUT2D eigenvalue weighted by Crippen LogP contribution is -2.43. The lowest BCUT2D eigenvalue weighted by atomic mass is 10.0. The minimum Gasteiger partial charge on any atom is -0.462 e. The van der Waals surface area contributed by atoms with Gasteiger partial charge in [-0.3, -0.25) is 14.5 Å². The van der Waals surface area contributed by atoms with Crippen molar-refractivity contribution in [3.63, 3.8) is 0 Å². The third kappa shape index (κ3) is 4.77. The average Bonchev–Trinajstić information content (AvgIpc) is 3.10. The number of hydrogen-bond acceptors (Lipinski definition) is 5. The molecule has 7 nitrogen and oxygen atoms in total. The van der Waals surface area contributed by atoms with Crippen molar-refractivity contribution in [2.75, 3.05) is 17.3 Å². The molecule has 1 aromatic heterocycles. The van der Waals surface area contributed by atoms with Gasteiger partial charge in [-0.2, -0.15) is 0 Å². The standard InChI is InChI=1S/C29H26FN3O4S/c1-3-37-29(36)19-10-14-21(15-11-19)33-24(34)17-38-28-25(22-6-4-5-7-23(22)32(28)2)26(33)27(35)31-16-18-8-12-20(30)13-9-18/h4-15,26H,3,16-17H2,1-2H3,(H,31,35). The van der Waals surface area contributed by atoms with Crippen LogP contribution in [-0.4, -0.2) is 34.7 Å². The Morgan fingerprint density at radius 2 is 1.76 bits per heavy atom. The van der Waals surface area contributed by atoms with E-state index in [1.54, 1.807) is 43.3 Å². The second-order valence-electron chi connectivity index (χ2n) is 8.86. The fourth-order valence-corrected chi connectivity index (χ4v) is 5.78. The maximum absolute atomic E-state index is 13.9. The second-order valence-corrected chi connectivity index (χ2v) is 9.83. The van der Waals surface area contributed by atoms with Gasteiger partial charge < -0.3 is 14.6 Å². The SMILES string of the molecule is CCOC(=O)c1ccc(N2C(=O)CSc3c(c4ccccc4n3C)C2C(=O)NCc2ccc(F)cc2)cc1. The summed E-state index contributed by atoms with van der Waals surface area (Å²) in [5.74, 6) is -1.28. The van der Waals surface area contributed by atoms with E-state index in [1.807, 2.05) is 35.9 Å². The summed E-state index contributed by atoms with van der Waals surface area (Å²) in [5.41, 5.74) is 3.28. The van der Waals surface area contributed by atoms with Crippen LogP contribution in [0.15, 0.2) is 77.8 Å². The molecule has 0 aliphatic carbocycles. The summed E-state index contributed by atoms with van der Waals surface area (Å²) in [7, 11) is 1.93. The van der Waals surface area contributed by atoms with Crippen LogP contribution in [0.25, 0.3) is 10.9 Å². The minimum absolute atomic E-state index is 0.137. The molecular formula is C29H26FN3O4S. The number of rotatable bonds is 6. The van der Waals surface area contributed by atoms with Gasteiger partial charge in [0.1, 0.15) is 11.9 Å². The number of carbonyl (C=O) groups excluding carboxylic acids is 3. The van der Waals surface area contributed by atoms with Gasteiger partial charge in [-0.25, -0.2) is 9.18 Å². The highest BCUT2D eigenvalue weighted by molar-refractivity contribution is 8.00. The summed E-state index contributed by atoms with van der Waals surface area (Å²) in [6.45, 7) is 2.16.